The molecule has 64 valence electrons. The zero-order valence-electron chi connectivity index (χ0n) is 6.24. The molecular weight excluding hydrogens is 178 g/mol. The molecule has 0 saturated heterocycles. The normalized spacial score (nSPS) is 12.2. The van der Waals surface area contributed by atoms with Gasteiger partial charge in [-0.05, 0) is 24.3 Å². The van der Waals surface area contributed by atoms with Gasteiger partial charge in [0.2, 0.25) is 6.10 Å². The van der Waals surface area contributed by atoms with E-state index < -0.39 is 6.10 Å². The van der Waals surface area contributed by atoms with Crippen LogP contribution in [0.25, 0.3) is 0 Å². The molecule has 2 unspecified atom stereocenters. The van der Waals surface area contributed by atoms with Gasteiger partial charge < -0.3 is 4.74 Å². The number of carbonyl (C=O) groups is 1. The van der Waals surface area contributed by atoms with Crippen LogP contribution in [0.4, 0.5) is 4.39 Å². The van der Waals surface area contributed by atoms with Crippen molar-refractivity contribution in [2.24, 2.45) is 0 Å². The molecule has 2 atom stereocenters. The number of halogens is 1. The van der Waals surface area contributed by atoms with Crippen molar-refractivity contribution in [1.29, 1.82) is 0 Å². The number of ether oxygens (including phenoxy) is 1. The Labute approximate surface area is 71.9 Å². The van der Waals surface area contributed by atoms with Crippen LogP contribution in [-0.2, 0) is 0 Å². The van der Waals surface area contributed by atoms with E-state index in [2.05, 4.69) is 0 Å². The second-order valence-corrected chi connectivity index (χ2v) is 2.68. The van der Waals surface area contributed by atoms with E-state index in [9.17, 15) is 9.18 Å². The van der Waals surface area contributed by atoms with Gasteiger partial charge in [0.05, 0.1) is 0 Å². The standard InChI is InChI=1S/C8H8FO2P/c9-8(12)11-7-3-1-6(5-10)2-4-7/h1-5,8H,12H2. The molecule has 2 nitrogen and oxygen atoms in total. The van der Waals surface area contributed by atoms with Gasteiger partial charge >= 0.3 is 0 Å². The van der Waals surface area contributed by atoms with Crippen LogP contribution in [0.3, 0.4) is 0 Å². The average molecular weight is 186 g/mol. The van der Waals surface area contributed by atoms with Gasteiger partial charge in [0, 0.05) is 5.56 Å². The molecule has 0 aromatic heterocycles. The Morgan fingerprint density at radius 1 is 1.42 bits per heavy atom. The topological polar surface area (TPSA) is 26.3 Å². The molecule has 0 fully saturated rings. The minimum atomic E-state index is -1.41. The Morgan fingerprint density at radius 2 is 2.00 bits per heavy atom. The van der Waals surface area contributed by atoms with Gasteiger partial charge in [-0.15, -0.1) is 0 Å². The van der Waals surface area contributed by atoms with E-state index in [1.807, 2.05) is 9.24 Å². The lowest BCUT2D eigenvalue weighted by molar-refractivity contribution is 0.112. The first-order chi connectivity index (χ1) is 5.72. The molecule has 0 heterocycles. The second kappa shape index (κ2) is 4.17. The van der Waals surface area contributed by atoms with Crippen molar-refractivity contribution in [1.82, 2.24) is 0 Å². The lowest BCUT2D eigenvalue weighted by Crippen LogP contribution is -1.99. The van der Waals surface area contributed by atoms with Crippen LogP contribution < -0.4 is 4.74 Å². The molecule has 0 N–H and O–H groups in total. The fourth-order valence-electron chi connectivity index (χ4n) is 0.755. The summed E-state index contributed by atoms with van der Waals surface area (Å²) in [6, 6.07) is 6.21. The van der Waals surface area contributed by atoms with Gasteiger partial charge in [-0.25, -0.2) is 0 Å². The number of aldehydes is 1. The summed E-state index contributed by atoms with van der Waals surface area (Å²) in [4.78, 5) is 10.2. The summed E-state index contributed by atoms with van der Waals surface area (Å²) in [6.45, 7) is 0. The van der Waals surface area contributed by atoms with Crippen molar-refractivity contribution in [2.45, 2.75) is 6.10 Å². The van der Waals surface area contributed by atoms with Crippen molar-refractivity contribution < 1.29 is 13.9 Å². The van der Waals surface area contributed by atoms with Crippen molar-refractivity contribution in [3.05, 3.63) is 29.8 Å². The number of hydrogen-bond acceptors (Lipinski definition) is 2. The molecule has 1 aromatic carbocycles. The fourth-order valence-corrected chi connectivity index (χ4v) is 0.912. The third-order valence-corrected chi connectivity index (χ3v) is 1.40. The predicted molar refractivity (Wildman–Crippen MR) is 47.1 cm³/mol. The Morgan fingerprint density at radius 3 is 2.42 bits per heavy atom. The van der Waals surface area contributed by atoms with Crippen LogP contribution in [0.2, 0.25) is 0 Å². The van der Waals surface area contributed by atoms with E-state index in [0.717, 1.165) is 6.29 Å². The Kier molecular flexibility index (Phi) is 3.18. The van der Waals surface area contributed by atoms with Gasteiger partial charge in [0.15, 0.2) is 0 Å². The highest BCUT2D eigenvalue weighted by molar-refractivity contribution is 7.16. The molecule has 0 saturated carbocycles. The van der Waals surface area contributed by atoms with Crippen LogP contribution in [0.15, 0.2) is 24.3 Å². The van der Waals surface area contributed by atoms with Crippen LogP contribution in [0, 0.1) is 0 Å². The zero-order chi connectivity index (χ0) is 8.97. The van der Waals surface area contributed by atoms with E-state index in [1.54, 1.807) is 24.3 Å². The van der Waals surface area contributed by atoms with Gasteiger partial charge in [0.25, 0.3) is 0 Å². The number of carbonyl (C=O) groups excluding carboxylic acids is 1. The summed E-state index contributed by atoms with van der Waals surface area (Å²) in [7, 11) is 1.87. The molecule has 0 aliphatic heterocycles. The van der Waals surface area contributed by atoms with Crippen LogP contribution in [0.1, 0.15) is 10.4 Å². The second-order valence-electron chi connectivity index (χ2n) is 2.16. The van der Waals surface area contributed by atoms with Gasteiger partial charge in [0.1, 0.15) is 12.0 Å². The van der Waals surface area contributed by atoms with Crippen molar-refractivity contribution in [2.75, 3.05) is 0 Å². The van der Waals surface area contributed by atoms with Crippen molar-refractivity contribution >= 4 is 15.5 Å². The van der Waals surface area contributed by atoms with Crippen LogP contribution in [-0.4, -0.2) is 12.4 Å². The fraction of sp³-hybridized carbons (Fsp3) is 0.125. The monoisotopic (exact) mass is 186 g/mol. The highest BCUT2D eigenvalue weighted by atomic mass is 31.0. The lowest BCUT2D eigenvalue weighted by Gasteiger charge is -2.05. The van der Waals surface area contributed by atoms with E-state index in [4.69, 9.17) is 4.74 Å². The van der Waals surface area contributed by atoms with Crippen molar-refractivity contribution in [3.63, 3.8) is 0 Å². The van der Waals surface area contributed by atoms with E-state index in [0.29, 0.717) is 11.3 Å². The summed E-state index contributed by atoms with van der Waals surface area (Å²) in [6.07, 6.45) is -0.690. The number of benzene rings is 1. The molecule has 0 aliphatic rings. The summed E-state index contributed by atoms with van der Waals surface area (Å²) < 4.78 is 16.9. The third kappa shape index (κ3) is 2.59. The summed E-state index contributed by atoms with van der Waals surface area (Å²) >= 11 is 0. The minimum absolute atomic E-state index is 0.406. The highest BCUT2D eigenvalue weighted by Gasteiger charge is 1.99. The molecule has 0 radical (unpaired) electrons. The van der Waals surface area contributed by atoms with Gasteiger partial charge in [-0.3, -0.25) is 4.79 Å². The first-order valence-corrected chi connectivity index (χ1v) is 4.00. The first-order valence-electron chi connectivity index (χ1n) is 3.34. The molecule has 4 heteroatoms. The van der Waals surface area contributed by atoms with E-state index >= 15 is 0 Å². The number of hydrogen-bond donors (Lipinski definition) is 0. The maximum absolute atomic E-state index is 12.2. The Balaban J connectivity index is 2.71. The van der Waals surface area contributed by atoms with E-state index in [-0.39, 0.29) is 0 Å². The molecule has 0 aliphatic carbocycles. The quantitative estimate of drug-likeness (QED) is 0.533. The largest absolute Gasteiger partial charge is 0.457 e. The van der Waals surface area contributed by atoms with E-state index in [1.165, 1.54) is 0 Å². The maximum Gasteiger partial charge on any atom is 0.249 e. The summed E-state index contributed by atoms with van der Waals surface area (Å²) in [5.41, 5.74) is 0.543. The Bertz CT molecular complexity index is 258. The first kappa shape index (κ1) is 9.14. The van der Waals surface area contributed by atoms with Crippen LogP contribution in [0.5, 0.6) is 5.75 Å². The van der Waals surface area contributed by atoms with Crippen molar-refractivity contribution in [3.8, 4) is 5.75 Å². The molecule has 1 aromatic rings. The van der Waals surface area contributed by atoms with Gasteiger partial charge in [-0.2, -0.15) is 4.39 Å². The molecule has 0 bridgehead atoms. The average Bonchev–Trinajstić information content (AvgIpc) is 2.05. The molecule has 1 rings (SSSR count). The number of rotatable bonds is 3. The molecular formula is C8H8FO2P. The SMILES string of the molecule is O=Cc1ccc(OC(F)P)cc1. The maximum atomic E-state index is 12.2. The highest BCUT2D eigenvalue weighted by Crippen LogP contribution is 2.15. The number of alkyl halides is 1. The third-order valence-electron chi connectivity index (χ3n) is 1.26. The predicted octanol–water partition coefficient (Wildman–Crippen LogP) is 2.01. The molecule has 12 heavy (non-hydrogen) atoms. The van der Waals surface area contributed by atoms with Gasteiger partial charge in [-0.1, -0.05) is 9.24 Å². The minimum Gasteiger partial charge on any atom is -0.457 e. The molecule has 0 amide bonds. The lowest BCUT2D eigenvalue weighted by atomic mass is 10.2. The zero-order valence-corrected chi connectivity index (χ0v) is 7.39. The summed E-state index contributed by atoms with van der Waals surface area (Å²) in [5, 5.41) is 0. The smallest absolute Gasteiger partial charge is 0.249 e. The Hall–Kier alpha value is -0.950. The molecule has 0 spiro atoms. The summed E-state index contributed by atoms with van der Waals surface area (Å²) in [5.74, 6) is 0.406. The van der Waals surface area contributed by atoms with Crippen LogP contribution >= 0.6 is 9.24 Å².